The molecule has 2 aliphatic rings. The van der Waals surface area contributed by atoms with Crippen molar-refractivity contribution in [1.29, 1.82) is 0 Å². The number of halogens is 1. The number of sulfone groups is 1. The zero-order chi connectivity index (χ0) is 20.6. The second kappa shape index (κ2) is 8.50. The number of carbonyl (C=O) groups is 1. The number of carbonyl (C=O) groups excluding carboxylic acids is 1. The highest BCUT2D eigenvalue weighted by Crippen LogP contribution is 2.40. The van der Waals surface area contributed by atoms with Gasteiger partial charge in [-0.1, -0.05) is 0 Å². The number of anilines is 1. The Morgan fingerprint density at radius 3 is 2.41 bits per heavy atom. The van der Waals surface area contributed by atoms with Crippen LogP contribution in [0.25, 0.3) is 5.70 Å². The van der Waals surface area contributed by atoms with Gasteiger partial charge in [-0.15, -0.1) is 12.4 Å². The minimum atomic E-state index is -3.49. The molecule has 2 heterocycles. The van der Waals surface area contributed by atoms with Crippen molar-refractivity contribution in [1.82, 2.24) is 10.6 Å². The summed E-state index contributed by atoms with van der Waals surface area (Å²) in [5, 5.41) is 5.91. The van der Waals surface area contributed by atoms with E-state index < -0.39 is 37.1 Å². The molecule has 1 amide bonds. The fraction of sp³-hybridized carbons (Fsp3) is 0.471. The van der Waals surface area contributed by atoms with Crippen LogP contribution in [0.5, 0.6) is 5.75 Å². The maximum absolute atomic E-state index is 12.2. The van der Waals surface area contributed by atoms with E-state index >= 15 is 0 Å². The van der Waals surface area contributed by atoms with E-state index in [4.69, 9.17) is 4.74 Å². The van der Waals surface area contributed by atoms with Crippen LogP contribution in [0.3, 0.4) is 0 Å². The lowest BCUT2D eigenvalue weighted by Gasteiger charge is -2.40. The van der Waals surface area contributed by atoms with Crippen molar-refractivity contribution in [2.24, 2.45) is 0 Å². The number of amides is 1. The van der Waals surface area contributed by atoms with E-state index in [1.54, 1.807) is 24.3 Å². The van der Waals surface area contributed by atoms with Gasteiger partial charge < -0.3 is 15.4 Å². The SMILES string of the molecule is CS(=O)(=O)CC(=O)NC1=CC2(CCNCC2)Oc2ccc(NS(C)(=O)=O)cc21.Cl. The van der Waals surface area contributed by atoms with Crippen LogP contribution >= 0.6 is 12.4 Å². The summed E-state index contributed by atoms with van der Waals surface area (Å²) in [6.45, 7) is 1.48. The summed E-state index contributed by atoms with van der Waals surface area (Å²) in [6, 6.07) is 4.77. The Morgan fingerprint density at radius 2 is 1.83 bits per heavy atom. The van der Waals surface area contributed by atoms with E-state index in [0.717, 1.165) is 25.6 Å². The predicted octanol–water partition coefficient (Wildman–Crippen LogP) is 0.496. The Kier molecular flexibility index (Phi) is 6.88. The Labute approximate surface area is 176 Å². The summed E-state index contributed by atoms with van der Waals surface area (Å²) < 4.78 is 54.5. The molecule has 0 radical (unpaired) electrons. The molecule has 0 bridgehead atoms. The number of fused-ring (bicyclic) bond motifs is 1. The molecule has 1 saturated heterocycles. The molecule has 1 spiro atoms. The normalized spacial score (nSPS) is 17.9. The number of sulfonamides is 1. The van der Waals surface area contributed by atoms with Crippen molar-refractivity contribution in [3.8, 4) is 5.75 Å². The van der Waals surface area contributed by atoms with Crippen LogP contribution in [0.2, 0.25) is 0 Å². The fourth-order valence-corrected chi connectivity index (χ4v) is 4.42. The first-order valence-corrected chi connectivity index (χ1v) is 12.6. The largest absolute Gasteiger partial charge is 0.482 e. The molecule has 0 aromatic heterocycles. The third-order valence-corrected chi connectivity index (χ3v) is 5.80. The monoisotopic (exact) mass is 465 g/mol. The molecule has 12 heteroatoms. The van der Waals surface area contributed by atoms with Gasteiger partial charge in [0.05, 0.1) is 12.0 Å². The van der Waals surface area contributed by atoms with Crippen LogP contribution in [-0.2, 0) is 24.7 Å². The Morgan fingerprint density at radius 1 is 1.17 bits per heavy atom. The van der Waals surface area contributed by atoms with Gasteiger partial charge >= 0.3 is 0 Å². The molecule has 0 atom stereocenters. The van der Waals surface area contributed by atoms with Crippen LogP contribution in [0.1, 0.15) is 18.4 Å². The van der Waals surface area contributed by atoms with Crippen molar-refractivity contribution in [2.45, 2.75) is 18.4 Å². The van der Waals surface area contributed by atoms with Crippen LogP contribution in [0.15, 0.2) is 24.3 Å². The zero-order valence-electron chi connectivity index (χ0n) is 16.0. The Balaban J connectivity index is 0.00000300. The van der Waals surface area contributed by atoms with Gasteiger partial charge in [0.2, 0.25) is 15.9 Å². The fourth-order valence-electron chi connectivity index (χ4n) is 3.32. The van der Waals surface area contributed by atoms with Gasteiger partial charge in [-0.05, 0) is 37.4 Å². The van der Waals surface area contributed by atoms with E-state index in [0.29, 0.717) is 35.5 Å². The molecule has 0 unspecified atom stereocenters. The van der Waals surface area contributed by atoms with Gasteiger partial charge in [0.1, 0.15) is 17.1 Å². The topological polar surface area (TPSA) is 131 Å². The summed E-state index contributed by atoms with van der Waals surface area (Å²) in [7, 11) is -6.97. The number of nitrogens with one attached hydrogen (secondary N) is 3. The molecular formula is C17H24ClN3O6S2. The maximum atomic E-state index is 12.2. The highest BCUT2D eigenvalue weighted by atomic mass is 35.5. The average molecular weight is 466 g/mol. The lowest BCUT2D eigenvalue weighted by Crippen LogP contribution is -2.47. The van der Waals surface area contributed by atoms with Gasteiger partial charge in [-0.3, -0.25) is 9.52 Å². The Hall–Kier alpha value is -1.82. The van der Waals surface area contributed by atoms with E-state index in [-0.39, 0.29) is 12.4 Å². The summed E-state index contributed by atoms with van der Waals surface area (Å²) in [5.74, 6) is -0.804. The lowest BCUT2D eigenvalue weighted by atomic mass is 9.87. The molecule has 1 aromatic rings. The summed E-state index contributed by atoms with van der Waals surface area (Å²) in [5.41, 5.74) is 0.598. The molecule has 2 aliphatic heterocycles. The summed E-state index contributed by atoms with van der Waals surface area (Å²) in [6.07, 6.45) is 5.18. The molecule has 0 aliphatic carbocycles. The van der Waals surface area contributed by atoms with E-state index in [2.05, 4.69) is 15.4 Å². The number of hydrogen-bond donors (Lipinski definition) is 3. The number of benzene rings is 1. The van der Waals surface area contributed by atoms with Crippen molar-refractivity contribution < 1.29 is 26.4 Å². The van der Waals surface area contributed by atoms with Crippen molar-refractivity contribution in [2.75, 3.05) is 36.1 Å². The molecular weight excluding hydrogens is 442 g/mol. The smallest absolute Gasteiger partial charge is 0.239 e. The third kappa shape index (κ3) is 6.33. The third-order valence-electron chi connectivity index (χ3n) is 4.41. The molecule has 0 saturated carbocycles. The number of hydrogen-bond acceptors (Lipinski definition) is 7. The predicted molar refractivity (Wildman–Crippen MR) is 113 cm³/mol. The van der Waals surface area contributed by atoms with Crippen molar-refractivity contribution in [3.63, 3.8) is 0 Å². The first kappa shape index (κ1) is 23.5. The van der Waals surface area contributed by atoms with E-state index in [1.165, 1.54) is 0 Å². The minimum absolute atomic E-state index is 0. The second-order valence-corrected chi connectivity index (χ2v) is 11.1. The van der Waals surface area contributed by atoms with Gasteiger partial charge in [0.25, 0.3) is 0 Å². The number of ether oxygens (including phenoxy) is 1. The van der Waals surface area contributed by atoms with Crippen LogP contribution in [0, 0.1) is 0 Å². The molecule has 9 nitrogen and oxygen atoms in total. The Bertz CT molecular complexity index is 1030. The van der Waals surface area contributed by atoms with Crippen LogP contribution in [0.4, 0.5) is 5.69 Å². The molecule has 3 rings (SSSR count). The molecule has 1 aromatic carbocycles. The van der Waals surface area contributed by atoms with Gasteiger partial charge in [-0.25, -0.2) is 16.8 Å². The number of piperidine rings is 1. The molecule has 1 fully saturated rings. The van der Waals surface area contributed by atoms with Crippen LogP contribution in [-0.4, -0.2) is 59.7 Å². The average Bonchev–Trinajstić information content (AvgIpc) is 2.53. The van der Waals surface area contributed by atoms with Crippen molar-refractivity contribution in [3.05, 3.63) is 29.8 Å². The quantitative estimate of drug-likeness (QED) is 0.577. The standard InChI is InChI=1S/C17H23N3O6S2.ClH/c1-27(22,23)11-16(21)19-14-10-17(5-7-18-8-6-17)26-15-4-3-12(9-13(14)15)20-28(2,24)25;/h3-4,9-10,18,20H,5-8,11H2,1-2H3,(H,19,21);1H. The highest BCUT2D eigenvalue weighted by molar-refractivity contribution is 7.92. The first-order chi connectivity index (χ1) is 12.9. The first-order valence-electron chi connectivity index (χ1n) is 8.67. The van der Waals surface area contributed by atoms with Crippen LogP contribution < -0.4 is 20.1 Å². The summed E-state index contributed by atoms with van der Waals surface area (Å²) in [4.78, 5) is 12.2. The minimum Gasteiger partial charge on any atom is -0.482 e. The van der Waals surface area contributed by atoms with Gasteiger partial charge in [0.15, 0.2) is 9.84 Å². The molecule has 29 heavy (non-hydrogen) atoms. The van der Waals surface area contributed by atoms with Gasteiger partial charge in [-0.2, -0.15) is 0 Å². The highest BCUT2D eigenvalue weighted by Gasteiger charge is 2.37. The summed E-state index contributed by atoms with van der Waals surface area (Å²) >= 11 is 0. The lowest BCUT2D eigenvalue weighted by molar-refractivity contribution is -0.117. The molecule has 162 valence electrons. The zero-order valence-corrected chi connectivity index (χ0v) is 18.5. The maximum Gasteiger partial charge on any atom is 0.239 e. The van der Waals surface area contributed by atoms with Crippen molar-refractivity contribution >= 4 is 49.6 Å². The van der Waals surface area contributed by atoms with E-state index in [9.17, 15) is 21.6 Å². The van der Waals surface area contributed by atoms with E-state index in [1.807, 2.05) is 0 Å². The molecule has 3 N–H and O–H groups in total. The number of rotatable bonds is 5. The van der Waals surface area contributed by atoms with Gasteiger partial charge in [0, 0.05) is 30.3 Å². The second-order valence-electron chi connectivity index (χ2n) is 7.18.